The lowest BCUT2D eigenvalue weighted by atomic mass is 10.0. The summed E-state index contributed by atoms with van der Waals surface area (Å²) >= 11 is 0. The Kier molecular flexibility index (Phi) is 5.67. The van der Waals surface area contributed by atoms with Crippen LogP contribution in [0.3, 0.4) is 0 Å². The Bertz CT molecular complexity index is 1000. The summed E-state index contributed by atoms with van der Waals surface area (Å²) in [5.41, 5.74) is 1.62. The number of pyridine rings is 1. The van der Waals surface area contributed by atoms with Crippen LogP contribution < -0.4 is 14.8 Å². The van der Waals surface area contributed by atoms with E-state index in [9.17, 15) is 22.4 Å². The van der Waals surface area contributed by atoms with Crippen LogP contribution in [0.4, 0.5) is 23.2 Å². The predicted octanol–water partition coefficient (Wildman–Crippen LogP) is 5.05. The first-order valence-corrected chi connectivity index (χ1v) is 8.22. The summed E-state index contributed by atoms with van der Waals surface area (Å²) in [6.07, 6.45) is -3.48. The fourth-order valence-corrected chi connectivity index (χ4v) is 2.55. The van der Waals surface area contributed by atoms with Gasteiger partial charge in [0.25, 0.3) is 5.91 Å². The highest BCUT2D eigenvalue weighted by atomic mass is 19.4. The number of methoxy groups -OCH3 is 1. The second-order valence-corrected chi connectivity index (χ2v) is 5.81. The Morgan fingerprint density at radius 3 is 2.34 bits per heavy atom. The van der Waals surface area contributed by atoms with Gasteiger partial charge >= 0.3 is 6.36 Å². The number of hydrogen-bond acceptors (Lipinski definition) is 4. The molecule has 0 unspecified atom stereocenters. The highest BCUT2D eigenvalue weighted by molar-refractivity contribution is 6.05. The average molecular weight is 406 g/mol. The molecule has 2 aromatic carbocycles. The molecular weight excluding hydrogens is 392 g/mol. The third-order valence-electron chi connectivity index (χ3n) is 3.85. The van der Waals surface area contributed by atoms with Crippen LogP contribution in [0.25, 0.3) is 11.1 Å². The zero-order valence-electron chi connectivity index (χ0n) is 15.0. The lowest BCUT2D eigenvalue weighted by Gasteiger charge is -2.12. The molecule has 1 amide bonds. The Balaban J connectivity index is 1.80. The number of ether oxygens (including phenoxy) is 2. The highest BCUT2D eigenvalue weighted by Gasteiger charge is 2.31. The highest BCUT2D eigenvalue weighted by Crippen LogP contribution is 2.31. The fraction of sp³-hybridized carbons (Fsp3) is 0.100. The zero-order chi connectivity index (χ0) is 21.0. The van der Waals surface area contributed by atoms with Gasteiger partial charge in [-0.25, -0.2) is 4.98 Å². The number of anilines is 1. The third kappa shape index (κ3) is 5.22. The van der Waals surface area contributed by atoms with Gasteiger partial charge in [-0.3, -0.25) is 4.79 Å². The number of nitrogens with zero attached hydrogens (tertiary/aromatic N) is 1. The maximum atomic E-state index is 13.1. The molecule has 1 N–H and O–H groups in total. The van der Waals surface area contributed by atoms with Gasteiger partial charge in [0.2, 0.25) is 5.95 Å². The molecule has 0 atom stereocenters. The molecule has 0 radical (unpaired) electrons. The number of benzene rings is 2. The van der Waals surface area contributed by atoms with Crippen molar-refractivity contribution in [3.05, 3.63) is 72.3 Å². The number of carbonyl (C=O) groups excluding carboxylic acids is 1. The van der Waals surface area contributed by atoms with Crippen LogP contribution in [-0.4, -0.2) is 24.4 Å². The standard InChI is InChI=1S/C20H14F4N2O3/c1-28-17-8-2-12(10-16(17)13-3-9-18(21)25-11-13)19(27)26-14-4-6-15(7-5-14)29-20(22,23)24/h2-11H,1H3,(H,26,27). The molecule has 9 heteroatoms. The van der Waals surface area contributed by atoms with Crippen molar-refractivity contribution < 1.29 is 31.8 Å². The lowest BCUT2D eigenvalue weighted by Crippen LogP contribution is -2.17. The van der Waals surface area contributed by atoms with E-state index in [1.165, 1.54) is 43.6 Å². The summed E-state index contributed by atoms with van der Waals surface area (Å²) in [4.78, 5) is 16.1. The Labute approximate surface area is 162 Å². The monoisotopic (exact) mass is 406 g/mol. The van der Waals surface area contributed by atoms with Crippen LogP contribution in [0.2, 0.25) is 0 Å². The maximum absolute atomic E-state index is 13.1. The molecule has 0 bridgehead atoms. The van der Waals surface area contributed by atoms with Crippen molar-refractivity contribution in [2.75, 3.05) is 12.4 Å². The Morgan fingerprint density at radius 2 is 1.76 bits per heavy atom. The molecule has 150 valence electrons. The number of carbonyl (C=O) groups is 1. The van der Waals surface area contributed by atoms with Crippen molar-refractivity contribution in [3.63, 3.8) is 0 Å². The minimum atomic E-state index is -4.79. The quantitative estimate of drug-likeness (QED) is 0.476. The predicted molar refractivity (Wildman–Crippen MR) is 97.3 cm³/mol. The SMILES string of the molecule is COc1ccc(C(=O)Nc2ccc(OC(F)(F)F)cc2)cc1-c1ccc(F)nc1. The van der Waals surface area contributed by atoms with Gasteiger partial charge in [-0.1, -0.05) is 0 Å². The molecule has 0 saturated carbocycles. The number of nitrogens with one attached hydrogen (secondary N) is 1. The first-order chi connectivity index (χ1) is 13.7. The molecule has 1 heterocycles. The molecule has 0 aliphatic rings. The molecule has 0 fully saturated rings. The van der Waals surface area contributed by atoms with E-state index in [-0.39, 0.29) is 11.3 Å². The van der Waals surface area contributed by atoms with E-state index in [4.69, 9.17) is 4.74 Å². The molecule has 3 aromatic rings. The van der Waals surface area contributed by atoms with E-state index in [1.807, 2.05) is 0 Å². The van der Waals surface area contributed by atoms with Crippen LogP contribution in [0.1, 0.15) is 10.4 Å². The number of amides is 1. The third-order valence-corrected chi connectivity index (χ3v) is 3.85. The molecule has 0 saturated heterocycles. The van der Waals surface area contributed by atoms with Crippen molar-refractivity contribution in [3.8, 4) is 22.6 Å². The van der Waals surface area contributed by atoms with Crippen LogP contribution in [0, 0.1) is 5.95 Å². The molecule has 0 spiro atoms. The number of aromatic nitrogens is 1. The van der Waals surface area contributed by atoms with Gasteiger partial charge in [-0.2, -0.15) is 4.39 Å². The van der Waals surface area contributed by atoms with E-state index in [2.05, 4.69) is 15.0 Å². The number of alkyl halides is 3. The van der Waals surface area contributed by atoms with E-state index in [1.54, 1.807) is 12.1 Å². The molecule has 29 heavy (non-hydrogen) atoms. The molecular formula is C20H14F4N2O3. The summed E-state index contributed by atoms with van der Waals surface area (Å²) in [5.74, 6) is -1.07. The number of halogens is 4. The summed E-state index contributed by atoms with van der Waals surface area (Å²) in [6, 6.07) is 12.1. The summed E-state index contributed by atoms with van der Waals surface area (Å²) < 4.78 is 58.8. The van der Waals surface area contributed by atoms with Crippen molar-refractivity contribution in [2.45, 2.75) is 6.36 Å². The lowest BCUT2D eigenvalue weighted by molar-refractivity contribution is -0.274. The minimum absolute atomic E-state index is 0.265. The molecule has 1 aromatic heterocycles. The largest absolute Gasteiger partial charge is 0.573 e. The van der Waals surface area contributed by atoms with Gasteiger partial charge in [0.1, 0.15) is 11.5 Å². The van der Waals surface area contributed by atoms with Crippen LogP contribution in [0.15, 0.2) is 60.8 Å². The Hall–Kier alpha value is -3.62. The van der Waals surface area contributed by atoms with Gasteiger partial charge in [0, 0.05) is 28.6 Å². The van der Waals surface area contributed by atoms with Crippen LogP contribution >= 0.6 is 0 Å². The molecule has 3 rings (SSSR count). The zero-order valence-corrected chi connectivity index (χ0v) is 15.0. The first-order valence-electron chi connectivity index (χ1n) is 8.22. The maximum Gasteiger partial charge on any atom is 0.573 e. The van der Waals surface area contributed by atoms with Gasteiger partial charge in [0.15, 0.2) is 0 Å². The van der Waals surface area contributed by atoms with Crippen molar-refractivity contribution in [1.29, 1.82) is 0 Å². The first kappa shape index (κ1) is 20.1. The fourth-order valence-electron chi connectivity index (χ4n) is 2.55. The second kappa shape index (κ2) is 8.17. The van der Waals surface area contributed by atoms with Gasteiger partial charge in [-0.05, 0) is 54.6 Å². The van der Waals surface area contributed by atoms with Gasteiger partial charge in [-0.15, -0.1) is 13.2 Å². The molecule has 5 nitrogen and oxygen atoms in total. The van der Waals surface area contributed by atoms with Crippen LogP contribution in [-0.2, 0) is 0 Å². The normalized spacial score (nSPS) is 11.1. The van der Waals surface area contributed by atoms with Gasteiger partial charge < -0.3 is 14.8 Å². The van der Waals surface area contributed by atoms with Gasteiger partial charge in [0.05, 0.1) is 7.11 Å². The van der Waals surface area contributed by atoms with Crippen molar-refractivity contribution in [1.82, 2.24) is 4.98 Å². The Morgan fingerprint density at radius 1 is 1.03 bits per heavy atom. The van der Waals surface area contributed by atoms with E-state index in [0.29, 0.717) is 16.9 Å². The summed E-state index contributed by atoms with van der Waals surface area (Å²) in [7, 11) is 1.46. The molecule has 0 aliphatic heterocycles. The van der Waals surface area contributed by atoms with E-state index >= 15 is 0 Å². The minimum Gasteiger partial charge on any atom is -0.496 e. The average Bonchev–Trinajstić information content (AvgIpc) is 2.68. The molecule has 0 aliphatic carbocycles. The number of rotatable bonds is 5. The van der Waals surface area contributed by atoms with E-state index < -0.39 is 24.0 Å². The second-order valence-electron chi connectivity index (χ2n) is 5.81. The van der Waals surface area contributed by atoms with Crippen molar-refractivity contribution in [2.24, 2.45) is 0 Å². The van der Waals surface area contributed by atoms with Crippen molar-refractivity contribution >= 4 is 11.6 Å². The number of hydrogen-bond donors (Lipinski definition) is 1. The summed E-state index contributed by atoms with van der Waals surface area (Å²) in [6.45, 7) is 0. The van der Waals surface area contributed by atoms with E-state index in [0.717, 1.165) is 12.1 Å². The summed E-state index contributed by atoms with van der Waals surface area (Å²) in [5, 5.41) is 2.58. The smallest absolute Gasteiger partial charge is 0.496 e. The topological polar surface area (TPSA) is 60.5 Å². The van der Waals surface area contributed by atoms with Crippen LogP contribution in [0.5, 0.6) is 11.5 Å².